The van der Waals surface area contributed by atoms with E-state index in [0.717, 1.165) is 6.42 Å². The highest BCUT2D eigenvalue weighted by Crippen LogP contribution is 2.38. The molecule has 0 atom stereocenters. The van der Waals surface area contributed by atoms with Crippen molar-refractivity contribution in [3.05, 3.63) is 27.1 Å². The van der Waals surface area contributed by atoms with Crippen molar-refractivity contribution in [1.29, 1.82) is 0 Å². The number of hydrogen-bond donors (Lipinski definition) is 2. The lowest BCUT2D eigenvalue weighted by molar-refractivity contribution is -0.137. The first-order valence-electron chi connectivity index (χ1n) is 7.87. The Morgan fingerprint density at radius 3 is 2.77 bits per heavy atom. The van der Waals surface area contributed by atoms with Gasteiger partial charge in [0.05, 0.1) is 16.5 Å². The Bertz CT molecular complexity index is 766. The van der Waals surface area contributed by atoms with Crippen LogP contribution >= 0.6 is 39.9 Å². The van der Waals surface area contributed by atoms with E-state index in [1.807, 2.05) is 0 Å². The van der Waals surface area contributed by atoms with E-state index >= 15 is 0 Å². The summed E-state index contributed by atoms with van der Waals surface area (Å²) < 4.78 is 6.07. The molecule has 1 aliphatic rings. The van der Waals surface area contributed by atoms with Crippen LogP contribution in [0.15, 0.2) is 21.5 Å². The van der Waals surface area contributed by atoms with Gasteiger partial charge in [-0.3, -0.25) is 14.5 Å². The minimum atomic E-state index is -0.811. The Hall–Kier alpha value is -1.58. The Labute approximate surface area is 169 Å². The third-order valence-electron chi connectivity index (χ3n) is 3.71. The molecule has 6 nitrogen and oxygen atoms in total. The smallest absolute Gasteiger partial charge is 0.303 e. The van der Waals surface area contributed by atoms with Crippen LogP contribution in [0.25, 0.3) is 6.08 Å². The normalized spacial score (nSPS) is 15.8. The largest absolute Gasteiger partial charge is 0.503 e. The Morgan fingerprint density at radius 1 is 1.38 bits per heavy atom. The number of thiocarbonyl (C=S) groups is 1. The van der Waals surface area contributed by atoms with Gasteiger partial charge in [0.1, 0.15) is 4.32 Å². The van der Waals surface area contributed by atoms with Gasteiger partial charge in [0, 0.05) is 13.0 Å². The Morgan fingerprint density at radius 2 is 2.12 bits per heavy atom. The van der Waals surface area contributed by atoms with Gasteiger partial charge in [-0.05, 0) is 52.5 Å². The van der Waals surface area contributed by atoms with E-state index in [1.54, 1.807) is 23.1 Å². The molecule has 9 heteroatoms. The molecule has 0 aliphatic carbocycles. The maximum atomic E-state index is 12.6. The summed E-state index contributed by atoms with van der Waals surface area (Å²) in [7, 11) is 1.45. The minimum absolute atomic E-state index is 0.00133. The lowest BCUT2D eigenvalue weighted by atomic mass is 10.1. The van der Waals surface area contributed by atoms with Gasteiger partial charge in [-0.2, -0.15) is 0 Å². The van der Waals surface area contributed by atoms with E-state index in [-0.39, 0.29) is 18.1 Å². The molecule has 2 N–H and O–H groups in total. The van der Waals surface area contributed by atoms with Gasteiger partial charge < -0.3 is 14.9 Å². The van der Waals surface area contributed by atoms with E-state index in [2.05, 4.69) is 15.9 Å². The zero-order valence-electron chi connectivity index (χ0n) is 14.0. The highest BCUT2D eigenvalue weighted by Gasteiger charge is 2.31. The summed E-state index contributed by atoms with van der Waals surface area (Å²) >= 11 is 9.77. The summed E-state index contributed by atoms with van der Waals surface area (Å²) in [5, 5.41) is 18.5. The fraction of sp³-hybridized carbons (Fsp3) is 0.353. The average molecular weight is 460 g/mol. The van der Waals surface area contributed by atoms with Crippen molar-refractivity contribution >= 4 is 62.2 Å². The lowest BCUT2D eigenvalue weighted by Gasteiger charge is -2.13. The van der Waals surface area contributed by atoms with Crippen molar-refractivity contribution in [2.75, 3.05) is 13.7 Å². The molecule has 0 saturated carbocycles. The molecule has 1 heterocycles. The first-order valence-corrected chi connectivity index (χ1v) is 9.89. The van der Waals surface area contributed by atoms with E-state index < -0.39 is 5.97 Å². The zero-order chi connectivity index (χ0) is 19.3. The summed E-state index contributed by atoms with van der Waals surface area (Å²) in [5.41, 5.74) is 0.702. The molecule has 0 unspecified atom stereocenters. The lowest BCUT2D eigenvalue weighted by Crippen LogP contribution is -2.29. The summed E-state index contributed by atoms with van der Waals surface area (Å²) in [4.78, 5) is 25.1. The molecule has 140 valence electrons. The molecule has 1 saturated heterocycles. The number of methoxy groups -OCH3 is 1. The number of phenolic OH excluding ortho intramolecular Hbond substituents is 1. The summed E-state index contributed by atoms with van der Waals surface area (Å²) in [6.07, 6.45) is 3.85. The second kappa shape index (κ2) is 9.38. The van der Waals surface area contributed by atoms with Crippen LogP contribution in [-0.4, -0.2) is 45.0 Å². The van der Waals surface area contributed by atoms with Gasteiger partial charge in [-0.1, -0.05) is 30.4 Å². The molecular weight excluding hydrogens is 442 g/mol. The predicted molar refractivity (Wildman–Crippen MR) is 108 cm³/mol. The number of carboxylic acid groups (broad SMARTS) is 1. The SMILES string of the molecule is COc1cc(/C=C2/SC(=S)N(CCCCCC(=O)O)C2=O)cc(Br)c1O. The number of nitrogens with zero attached hydrogens (tertiary/aromatic N) is 1. The summed E-state index contributed by atoms with van der Waals surface area (Å²) in [5.74, 6) is -0.673. The van der Waals surface area contributed by atoms with E-state index in [0.29, 0.717) is 44.4 Å². The van der Waals surface area contributed by atoms with Crippen LogP contribution in [0.2, 0.25) is 0 Å². The van der Waals surface area contributed by atoms with E-state index in [4.69, 9.17) is 22.1 Å². The quantitative estimate of drug-likeness (QED) is 0.344. The number of thioether (sulfide) groups is 1. The molecule has 1 amide bonds. The molecule has 1 aromatic rings. The number of ether oxygens (including phenoxy) is 1. The van der Waals surface area contributed by atoms with Crippen molar-refractivity contribution < 1.29 is 24.5 Å². The Balaban J connectivity index is 2.05. The second-order valence-electron chi connectivity index (χ2n) is 5.59. The maximum Gasteiger partial charge on any atom is 0.303 e. The van der Waals surface area contributed by atoms with Crippen molar-refractivity contribution in [2.24, 2.45) is 0 Å². The van der Waals surface area contributed by atoms with Gasteiger partial charge in [-0.15, -0.1) is 0 Å². The number of benzene rings is 1. The highest BCUT2D eigenvalue weighted by atomic mass is 79.9. The number of carbonyl (C=O) groups excluding carboxylic acids is 1. The standard InChI is InChI=1S/C17H18BrNO5S2/c1-24-12-8-10(7-11(18)15(12)22)9-13-16(23)19(17(25)26-13)6-4-2-3-5-14(20)21/h7-9,22H,2-6H2,1H3,(H,20,21)/b13-9+. The van der Waals surface area contributed by atoms with Gasteiger partial charge >= 0.3 is 5.97 Å². The van der Waals surface area contributed by atoms with Gasteiger partial charge in [0.25, 0.3) is 5.91 Å². The van der Waals surface area contributed by atoms with Crippen LogP contribution < -0.4 is 4.74 Å². The monoisotopic (exact) mass is 459 g/mol. The highest BCUT2D eigenvalue weighted by molar-refractivity contribution is 9.10. The molecule has 0 aromatic heterocycles. The van der Waals surface area contributed by atoms with Crippen LogP contribution in [0.3, 0.4) is 0 Å². The molecule has 26 heavy (non-hydrogen) atoms. The van der Waals surface area contributed by atoms with E-state index in [9.17, 15) is 14.7 Å². The second-order valence-corrected chi connectivity index (χ2v) is 8.12. The van der Waals surface area contributed by atoms with Crippen LogP contribution in [-0.2, 0) is 9.59 Å². The number of carboxylic acids is 1. The number of carbonyl (C=O) groups is 2. The van der Waals surface area contributed by atoms with Crippen LogP contribution in [0.1, 0.15) is 31.2 Å². The van der Waals surface area contributed by atoms with Crippen molar-refractivity contribution in [1.82, 2.24) is 4.90 Å². The minimum Gasteiger partial charge on any atom is -0.503 e. The number of amides is 1. The predicted octanol–water partition coefficient (Wildman–Crippen LogP) is 4.01. The number of phenols is 1. The first-order chi connectivity index (χ1) is 12.3. The molecular formula is C17H18BrNO5S2. The van der Waals surface area contributed by atoms with Gasteiger partial charge in [0.2, 0.25) is 0 Å². The van der Waals surface area contributed by atoms with Gasteiger partial charge in [-0.25, -0.2) is 0 Å². The fourth-order valence-electron chi connectivity index (χ4n) is 2.40. The van der Waals surface area contributed by atoms with Crippen LogP contribution in [0.5, 0.6) is 11.5 Å². The van der Waals surface area contributed by atoms with Crippen LogP contribution in [0.4, 0.5) is 0 Å². The number of halogens is 1. The summed E-state index contributed by atoms with van der Waals surface area (Å²) in [6.45, 7) is 0.476. The van der Waals surface area contributed by atoms with Crippen molar-refractivity contribution in [3.8, 4) is 11.5 Å². The molecule has 0 spiro atoms. The van der Waals surface area contributed by atoms with Gasteiger partial charge in [0.15, 0.2) is 11.5 Å². The maximum absolute atomic E-state index is 12.6. The number of aromatic hydroxyl groups is 1. The molecule has 1 aromatic carbocycles. The number of hydrogen-bond acceptors (Lipinski definition) is 6. The van der Waals surface area contributed by atoms with Crippen molar-refractivity contribution in [3.63, 3.8) is 0 Å². The third kappa shape index (κ3) is 5.21. The molecule has 0 radical (unpaired) electrons. The molecule has 2 rings (SSSR count). The molecule has 1 fully saturated rings. The summed E-state index contributed by atoms with van der Waals surface area (Å²) in [6, 6.07) is 3.33. The average Bonchev–Trinajstić information content (AvgIpc) is 2.84. The topological polar surface area (TPSA) is 87.1 Å². The Kier molecular flexibility index (Phi) is 7.48. The molecule has 0 bridgehead atoms. The number of rotatable bonds is 8. The van der Waals surface area contributed by atoms with Crippen molar-refractivity contribution in [2.45, 2.75) is 25.7 Å². The number of unbranched alkanes of at least 4 members (excludes halogenated alkanes) is 2. The van der Waals surface area contributed by atoms with E-state index in [1.165, 1.54) is 18.9 Å². The fourth-order valence-corrected chi connectivity index (χ4v) is 4.17. The number of aliphatic carboxylic acids is 1. The van der Waals surface area contributed by atoms with Crippen LogP contribution in [0, 0.1) is 0 Å². The zero-order valence-corrected chi connectivity index (χ0v) is 17.2. The third-order valence-corrected chi connectivity index (χ3v) is 5.70. The molecule has 1 aliphatic heterocycles. The first kappa shape index (κ1) is 20.7.